The van der Waals surface area contributed by atoms with Crippen LogP contribution in [-0.4, -0.2) is 13.7 Å². The summed E-state index contributed by atoms with van der Waals surface area (Å²) in [7, 11) is 0. The number of nitrogens with zero attached hydrogens (tertiary/aromatic N) is 3. The Bertz CT molecular complexity index is 1230. The first-order chi connectivity index (χ1) is 23.2. The molecule has 264 valence electrons. The van der Waals surface area contributed by atoms with Crippen LogP contribution in [0.2, 0.25) is 0 Å². The highest BCUT2D eigenvalue weighted by atomic mass is 16.2. The third-order valence-corrected chi connectivity index (χ3v) is 9.08. The van der Waals surface area contributed by atoms with Gasteiger partial charge in [-0.15, -0.1) is 39.5 Å². The summed E-state index contributed by atoms with van der Waals surface area (Å²) in [6, 6.07) is -1.45. The number of hydrogen-bond donors (Lipinski definition) is 0. The fourth-order valence-electron chi connectivity index (χ4n) is 6.74. The standard InChI is InChI=1S/C42H63N3O3/c1-10-19-28-34(22-13-4)31-37(25-16-7)43-40(46)44(38(26-17-8)32-35(23-14-5)29-20-11-2)42(48)45(41(43)47)39(27-18-9)33-36(24-15-6)30-21-12-3/h10-21,34-39H,4-9,22-33H2,1-3H3/b19-10+,20-11+,21-12+. The van der Waals surface area contributed by atoms with Crippen molar-refractivity contribution in [3.8, 4) is 0 Å². The zero-order valence-corrected chi connectivity index (χ0v) is 30.2. The lowest BCUT2D eigenvalue weighted by Crippen LogP contribution is -2.57. The Morgan fingerprint density at radius 2 is 0.646 bits per heavy atom. The first-order valence-corrected chi connectivity index (χ1v) is 17.7. The summed E-state index contributed by atoms with van der Waals surface area (Å²) in [5.41, 5.74) is -1.71. The van der Waals surface area contributed by atoms with Gasteiger partial charge in [0.25, 0.3) is 0 Å². The molecule has 0 aliphatic carbocycles. The van der Waals surface area contributed by atoms with Crippen LogP contribution in [0.25, 0.3) is 0 Å². The van der Waals surface area contributed by atoms with E-state index >= 15 is 0 Å². The summed E-state index contributed by atoms with van der Waals surface area (Å²) >= 11 is 0. The normalized spacial score (nSPS) is 15.6. The Labute approximate surface area is 290 Å². The molecule has 6 heteroatoms. The molecule has 48 heavy (non-hydrogen) atoms. The molecule has 0 N–H and O–H groups in total. The molecule has 0 saturated carbocycles. The second kappa shape index (κ2) is 24.2. The average Bonchev–Trinajstić information content (AvgIpc) is 3.05. The van der Waals surface area contributed by atoms with Crippen molar-refractivity contribution in [2.45, 2.75) is 116 Å². The molecule has 0 radical (unpaired) electrons. The van der Waals surface area contributed by atoms with Gasteiger partial charge in [0.05, 0.1) is 0 Å². The van der Waals surface area contributed by atoms with Crippen molar-refractivity contribution < 1.29 is 0 Å². The zero-order chi connectivity index (χ0) is 35.9. The topological polar surface area (TPSA) is 66.0 Å². The highest BCUT2D eigenvalue weighted by Gasteiger charge is 2.30. The largest absolute Gasteiger partial charge is 0.336 e. The summed E-state index contributed by atoms with van der Waals surface area (Å²) in [5, 5.41) is 0. The van der Waals surface area contributed by atoms with E-state index in [4.69, 9.17) is 0 Å². The Morgan fingerprint density at radius 1 is 0.417 bits per heavy atom. The zero-order valence-electron chi connectivity index (χ0n) is 30.2. The molecule has 6 nitrogen and oxygen atoms in total. The molecule has 6 unspecified atom stereocenters. The van der Waals surface area contributed by atoms with Crippen LogP contribution in [0.1, 0.15) is 116 Å². The summed E-state index contributed by atoms with van der Waals surface area (Å²) in [6.07, 6.45) is 30.8. The monoisotopic (exact) mass is 657 g/mol. The van der Waals surface area contributed by atoms with Crippen molar-refractivity contribution in [3.63, 3.8) is 0 Å². The third-order valence-electron chi connectivity index (χ3n) is 9.08. The fraction of sp³-hybridized carbons (Fsp3) is 0.500. The summed E-state index contributed by atoms with van der Waals surface area (Å²) < 4.78 is 4.05. The molecule has 0 saturated heterocycles. The molecule has 0 bridgehead atoms. The van der Waals surface area contributed by atoms with Crippen molar-refractivity contribution in [2.24, 2.45) is 17.8 Å². The molecule has 0 aliphatic rings. The van der Waals surface area contributed by atoms with E-state index in [1.165, 1.54) is 13.7 Å². The first kappa shape index (κ1) is 42.1. The van der Waals surface area contributed by atoms with Crippen molar-refractivity contribution in [1.29, 1.82) is 0 Å². The van der Waals surface area contributed by atoms with Crippen LogP contribution in [0.15, 0.2) is 127 Å². The predicted molar refractivity (Wildman–Crippen MR) is 208 cm³/mol. The van der Waals surface area contributed by atoms with E-state index in [-0.39, 0.29) is 17.8 Å². The molecule has 1 heterocycles. The van der Waals surface area contributed by atoms with E-state index < -0.39 is 35.2 Å². The molecule has 1 rings (SSSR count). The van der Waals surface area contributed by atoms with E-state index in [1.807, 2.05) is 57.2 Å². The SMILES string of the molecule is C=CCC(C/C=C/C)CC(CC=C)n1c(=O)n(C(CC=C)CC(CC=C)C/C=C/C)c(=O)n(C(CC=C)CC(CC=C)C/C=C/C)c1=O. The van der Waals surface area contributed by atoms with Crippen LogP contribution < -0.4 is 17.1 Å². The molecular formula is C42H63N3O3. The van der Waals surface area contributed by atoms with Crippen LogP contribution in [0.5, 0.6) is 0 Å². The van der Waals surface area contributed by atoms with Gasteiger partial charge in [-0.2, -0.15) is 0 Å². The van der Waals surface area contributed by atoms with Gasteiger partial charge >= 0.3 is 17.1 Å². The van der Waals surface area contributed by atoms with Gasteiger partial charge in [0.15, 0.2) is 0 Å². The molecule has 1 aromatic heterocycles. The molecule has 6 atom stereocenters. The van der Waals surface area contributed by atoms with Crippen LogP contribution >= 0.6 is 0 Å². The van der Waals surface area contributed by atoms with Crippen LogP contribution in [0.3, 0.4) is 0 Å². The molecule has 0 aromatic carbocycles. The molecular weight excluding hydrogens is 594 g/mol. The summed E-state index contributed by atoms with van der Waals surface area (Å²) in [5.74, 6) is 0.479. The van der Waals surface area contributed by atoms with E-state index in [0.717, 1.165) is 38.5 Å². The lowest BCUT2D eigenvalue weighted by molar-refractivity contribution is 0.266. The van der Waals surface area contributed by atoms with Gasteiger partial charge in [-0.1, -0.05) is 72.9 Å². The smallest absolute Gasteiger partial charge is 0.247 e. The Morgan fingerprint density at radius 3 is 0.833 bits per heavy atom. The second-order valence-electron chi connectivity index (χ2n) is 12.8. The van der Waals surface area contributed by atoms with Gasteiger partial charge in [-0.25, -0.2) is 28.1 Å². The van der Waals surface area contributed by atoms with E-state index in [0.29, 0.717) is 38.5 Å². The number of rotatable bonds is 27. The molecule has 1 aromatic rings. The lowest BCUT2D eigenvalue weighted by atomic mass is 9.90. The van der Waals surface area contributed by atoms with Crippen LogP contribution in [-0.2, 0) is 0 Å². The second-order valence-corrected chi connectivity index (χ2v) is 12.8. The average molecular weight is 658 g/mol. The number of aromatic nitrogens is 3. The van der Waals surface area contributed by atoms with Gasteiger partial charge < -0.3 is 0 Å². The molecule has 0 amide bonds. The Balaban J connectivity index is 4.24. The van der Waals surface area contributed by atoms with Crippen molar-refractivity contribution in [3.05, 3.63) is 144 Å². The molecule has 0 spiro atoms. The van der Waals surface area contributed by atoms with E-state index in [1.54, 1.807) is 18.2 Å². The minimum absolute atomic E-state index is 0.160. The van der Waals surface area contributed by atoms with Gasteiger partial charge in [-0.3, -0.25) is 0 Å². The van der Waals surface area contributed by atoms with Crippen molar-refractivity contribution in [1.82, 2.24) is 13.7 Å². The van der Waals surface area contributed by atoms with E-state index in [9.17, 15) is 14.4 Å². The molecule has 0 fully saturated rings. The Hall–Kier alpha value is -3.93. The summed E-state index contributed by atoms with van der Waals surface area (Å²) in [6.45, 7) is 29.8. The minimum atomic E-state index is -0.569. The summed E-state index contributed by atoms with van der Waals surface area (Å²) in [4.78, 5) is 44.0. The first-order valence-electron chi connectivity index (χ1n) is 17.7. The van der Waals surface area contributed by atoms with Gasteiger partial charge in [0.2, 0.25) is 0 Å². The highest BCUT2D eigenvalue weighted by Crippen LogP contribution is 2.29. The quantitative estimate of drug-likeness (QED) is 0.0885. The van der Waals surface area contributed by atoms with Gasteiger partial charge in [0.1, 0.15) is 0 Å². The predicted octanol–water partition coefficient (Wildman–Crippen LogP) is 10.2. The van der Waals surface area contributed by atoms with Crippen molar-refractivity contribution in [2.75, 3.05) is 0 Å². The van der Waals surface area contributed by atoms with E-state index in [2.05, 4.69) is 57.7 Å². The maximum absolute atomic E-state index is 14.7. The maximum atomic E-state index is 14.7. The Kier molecular flexibility index (Phi) is 21.3. The maximum Gasteiger partial charge on any atom is 0.336 e. The fourth-order valence-corrected chi connectivity index (χ4v) is 6.74. The van der Waals surface area contributed by atoms with Gasteiger partial charge in [0, 0.05) is 18.1 Å². The highest BCUT2D eigenvalue weighted by molar-refractivity contribution is 4.97. The number of hydrogen-bond acceptors (Lipinski definition) is 3. The van der Waals surface area contributed by atoms with Crippen LogP contribution in [0.4, 0.5) is 0 Å². The minimum Gasteiger partial charge on any atom is -0.247 e. The third kappa shape index (κ3) is 12.9. The lowest BCUT2D eigenvalue weighted by Gasteiger charge is -2.30. The van der Waals surface area contributed by atoms with Gasteiger partial charge in [-0.05, 0) is 116 Å². The van der Waals surface area contributed by atoms with Crippen molar-refractivity contribution >= 4 is 0 Å². The molecule has 0 aliphatic heterocycles. The number of allylic oxidation sites excluding steroid dienone is 12. The van der Waals surface area contributed by atoms with Crippen LogP contribution in [0, 0.1) is 17.8 Å².